The van der Waals surface area contributed by atoms with E-state index in [0.717, 1.165) is 25.7 Å². The van der Waals surface area contributed by atoms with E-state index in [1.807, 2.05) is 6.07 Å². The van der Waals surface area contributed by atoms with Crippen LogP contribution >= 0.6 is 0 Å². The normalized spacial score (nSPS) is 24.1. The van der Waals surface area contributed by atoms with Crippen LogP contribution in [0.25, 0.3) is 5.65 Å². The SMILES string of the molecule is CNc1cc(Nc2cccn(C3CC(OC)C3)c2=O)nc2c(C(=O)N[C@H]3CC[C@H]3C)cnn12. The van der Waals surface area contributed by atoms with E-state index in [1.165, 1.54) is 6.20 Å². The molecular weight excluding hydrogens is 422 g/mol. The molecule has 3 heterocycles. The number of hydrogen-bond acceptors (Lipinski definition) is 7. The van der Waals surface area contributed by atoms with Crippen LogP contribution in [0.4, 0.5) is 17.3 Å². The smallest absolute Gasteiger partial charge is 0.274 e. The van der Waals surface area contributed by atoms with E-state index in [1.54, 1.807) is 41.6 Å². The molecule has 10 nitrogen and oxygen atoms in total. The highest BCUT2D eigenvalue weighted by atomic mass is 16.5. The average Bonchev–Trinajstić information content (AvgIpc) is 3.21. The second-order valence-corrected chi connectivity index (χ2v) is 8.95. The van der Waals surface area contributed by atoms with Gasteiger partial charge in [0, 0.05) is 38.5 Å². The first kappa shape index (κ1) is 21.4. The molecule has 1 amide bonds. The number of nitrogens with one attached hydrogen (secondary N) is 3. The van der Waals surface area contributed by atoms with E-state index in [0.29, 0.717) is 34.5 Å². The van der Waals surface area contributed by atoms with Crippen molar-refractivity contribution >= 4 is 28.9 Å². The predicted octanol–water partition coefficient (Wildman–Crippen LogP) is 2.55. The van der Waals surface area contributed by atoms with Crippen molar-refractivity contribution in [2.75, 3.05) is 24.8 Å². The van der Waals surface area contributed by atoms with Gasteiger partial charge in [-0.2, -0.15) is 9.61 Å². The second-order valence-electron chi connectivity index (χ2n) is 8.95. The zero-order chi connectivity index (χ0) is 23.1. The van der Waals surface area contributed by atoms with Crippen molar-refractivity contribution in [3.05, 3.63) is 46.5 Å². The van der Waals surface area contributed by atoms with Crippen LogP contribution < -0.4 is 21.5 Å². The minimum Gasteiger partial charge on any atom is -0.381 e. The Morgan fingerprint density at radius 1 is 1.27 bits per heavy atom. The molecule has 0 saturated heterocycles. The first-order valence-corrected chi connectivity index (χ1v) is 11.4. The van der Waals surface area contributed by atoms with Crippen molar-refractivity contribution in [2.45, 2.75) is 50.8 Å². The van der Waals surface area contributed by atoms with Gasteiger partial charge in [0.25, 0.3) is 11.5 Å². The maximum absolute atomic E-state index is 13.1. The van der Waals surface area contributed by atoms with Gasteiger partial charge in [-0.25, -0.2) is 4.98 Å². The lowest BCUT2D eigenvalue weighted by Gasteiger charge is -2.35. The van der Waals surface area contributed by atoms with Gasteiger partial charge in [0.1, 0.15) is 22.9 Å². The monoisotopic (exact) mass is 451 g/mol. The Labute approximate surface area is 191 Å². The Morgan fingerprint density at radius 3 is 2.76 bits per heavy atom. The number of nitrogens with zero attached hydrogens (tertiary/aromatic N) is 4. The van der Waals surface area contributed by atoms with Crippen LogP contribution in [0, 0.1) is 5.92 Å². The van der Waals surface area contributed by atoms with Crippen LogP contribution in [-0.2, 0) is 4.74 Å². The number of carbonyl (C=O) groups excluding carboxylic acids is 1. The van der Waals surface area contributed by atoms with Gasteiger partial charge in [0.05, 0.1) is 12.3 Å². The number of pyridine rings is 1. The van der Waals surface area contributed by atoms with Gasteiger partial charge < -0.3 is 25.3 Å². The number of ether oxygens (including phenoxy) is 1. The largest absolute Gasteiger partial charge is 0.381 e. The zero-order valence-electron chi connectivity index (χ0n) is 19.0. The summed E-state index contributed by atoms with van der Waals surface area (Å²) in [5, 5.41) is 13.7. The van der Waals surface area contributed by atoms with E-state index in [-0.39, 0.29) is 29.7 Å². The summed E-state index contributed by atoms with van der Waals surface area (Å²) in [5.74, 6) is 1.39. The van der Waals surface area contributed by atoms with E-state index in [4.69, 9.17) is 4.74 Å². The minimum atomic E-state index is -0.187. The number of fused-ring (bicyclic) bond motifs is 1. The Morgan fingerprint density at radius 2 is 2.09 bits per heavy atom. The number of methoxy groups -OCH3 is 1. The maximum Gasteiger partial charge on any atom is 0.274 e. The molecule has 2 saturated carbocycles. The molecule has 3 N–H and O–H groups in total. The molecule has 3 aromatic rings. The number of amides is 1. The van der Waals surface area contributed by atoms with Crippen LogP contribution in [-0.4, -0.2) is 51.4 Å². The van der Waals surface area contributed by atoms with E-state index < -0.39 is 0 Å². The molecule has 174 valence electrons. The molecule has 2 aliphatic rings. The number of hydrogen-bond donors (Lipinski definition) is 3. The molecule has 33 heavy (non-hydrogen) atoms. The third-order valence-electron chi connectivity index (χ3n) is 6.94. The lowest BCUT2D eigenvalue weighted by Crippen LogP contribution is -2.45. The fraction of sp³-hybridized carbons (Fsp3) is 0.478. The molecule has 0 aliphatic heterocycles. The summed E-state index contributed by atoms with van der Waals surface area (Å²) < 4.78 is 8.68. The second kappa shape index (κ2) is 8.51. The summed E-state index contributed by atoms with van der Waals surface area (Å²) in [6, 6.07) is 5.66. The van der Waals surface area contributed by atoms with Crippen molar-refractivity contribution in [1.29, 1.82) is 0 Å². The van der Waals surface area contributed by atoms with E-state index in [2.05, 4.69) is 33.0 Å². The summed E-state index contributed by atoms with van der Waals surface area (Å²) in [6.07, 6.45) is 7.29. The highest BCUT2D eigenvalue weighted by molar-refractivity contribution is 6.00. The Bertz CT molecular complexity index is 1240. The molecule has 10 heteroatoms. The van der Waals surface area contributed by atoms with E-state index >= 15 is 0 Å². The average molecular weight is 452 g/mol. The lowest BCUT2D eigenvalue weighted by atomic mass is 9.81. The van der Waals surface area contributed by atoms with Gasteiger partial charge in [0.15, 0.2) is 5.65 Å². The molecule has 2 fully saturated rings. The molecule has 5 rings (SSSR count). The van der Waals surface area contributed by atoms with Crippen LogP contribution in [0.15, 0.2) is 35.4 Å². The van der Waals surface area contributed by atoms with E-state index in [9.17, 15) is 9.59 Å². The summed E-state index contributed by atoms with van der Waals surface area (Å²) >= 11 is 0. The van der Waals surface area contributed by atoms with Crippen molar-refractivity contribution in [2.24, 2.45) is 5.92 Å². The van der Waals surface area contributed by atoms with Crippen LogP contribution in [0.2, 0.25) is 0 Å². The van der Waals surface area contributed by atoms with Crippen LogP contribution in [0.1, 0.15) is 49.0 Å². The molecule has 0 spiro atoms. The third kappa shape index (κ3) is 3.84. The van der Waals surface area contributed by atoms with Crippen molar-refractivity contribution in [3.8, 4) is 0 Å². The fourth-order valence-electron chi connectivity index (χ4n) is 4.48. The highest BCUT2D eigenvalue weighted by Crippen LogP contribution is 2.33. The topological polar surface area (TPSA) is 115 Å². The molecule has 3 aromatic heterocycles. The minimum absolute atomic E-state index is 0.116. The third-order valence-corrected chi connectivity index (χ3v) is 6.94. The molecule has 0 bridgehead atoms. The predicted molar refractivity (Wildman–Crippen MR) is 125 cm³/mol. The summed E-state index contributed by atoms with van der Waals surface area (Å²) in [7, 11) is 3.47. The molecule has 0 radical (unpaired) electrons. The van der Waals surface area contributed by atoms with Crippen molar-refractivity contribution in [1.82, 2.24) is 24.5 Å². The number of aromatic nitrogens is 4. The quantitative estimate of drug-likeness (QED) is 0.506. The van der Waals surface area contributed by atoms with Gasteiger partial charge in [-0.1, -0.05) is 6.92 Å². The van der Waals surface area contributed by atoms with Gasteiger partial charge in [-0.3, -0.25) is 9.59 Å². The van der Waals surface area contributed by atoms with Gasteiger partial charge in [-0.15, -0.1) is 0 Å². The van der Waals surface area contributed by atoms with Crippen molar-refractivity contribution in [3.63, 3.8) is 0 Å². The van der Waals surface area contributed by atoms with Gasteiger partial charge >= 0.3 is 0 Å². The Kier molecular flexibility index (Phi) is 5.53. The van der Waals surface area contributed by atoms with Crippen LogP contribution in [0.5, 0.6) is 0 Å². The summed E-state index contributed by atoms with van der Waals surface area (Å²) in [6.45, 7) is 2.13. The Hall–Kier alpha value is -3.40. The lowest BCUT2D eigenvalue weighted by molar-refractivity contribution is 0.00522. The first-order valence-electron chi connectivity index (χ1n) is 11.4. The maximum atomic E-state index is 13.1. The number of anilines is 3. The van der Waals surface area contributed by atoms with Gasteiger partial charge in [0.2, 0.25) is 0 Å². The zero-order valence-corrected chi connectivity index (χ0v) is 19.0. The van der Waals surface area contributed by atoms with Crippen molar-refractivity contribution < 1.29 is 9.53 Å². The summed E-state index contributed by atoms with van der Waals surface area (Å²) in [4.78, 5) is 30.6. The standard InChI is InChI=1S/C23H29N7O3/c1-13-6-7-17(13)27-22(31)16-12-25-30-20(24-2)11-19(28-21(16)30)26-18-5-4-8-29(23(18)32)14-9-15(10-14)33-3/h4-5,8,11-15,17,24H,6-7,9-10H2,1-3H3,(H,26,28)(H,27,31)/t13-,14?,15?,17+/m1/s1. The molecule has 0 aromatic carbocycles. The molecule has 2 atom stereocenters. The highest BCUT2D eigenvalue weighted by Gasteiger charge is 2.31. The Balaban J connectivity index is 1.44. The molecular formula is C23H29N7O3. The molecule has 2 aliphatic carbocycles. The fourth-order valence-corrected chi connectivity index (χ4v) is 4.48. The van der Waals surface area contributed by atoms with Crippen LogP contribution in [0.3, 0.4) is 0 Å². The first-order chi connectivity index (χ1) is 16.0. The molecule has 0 unspecified atom stereocenters. The summed E-state index contributed by atoms with van der Waals surface area (Å²) in [5.41, 5.74) is 1.13. The number of rotatable bonds is 7. The number of carbonyl (C=O) groups is 1. The van der Waals surface area contributed by atoms with Gasteiger partial charge in [-0.05, 0) is 43.7 Å².